The summed E-state index contributed by atoms with van der Waals surface area (Å²) in [6.45, 7) is 2.41. The predicted molar refractivity (Wildman–Crippen MR) is 70.6 cm³/mol. The number of nitrogens with one attached hydrogen (secondary N) is 1. The van der Waals surface area contributed by atoms with Crippen LogP contribution < -0.4 is 5.32 Å². The lowest BCUT2D eigenvalue weighted by atomic mass is 10.1. The Balaban J connectivity index is 2.01. The Labute approximate surface area is 111 Å². The van der Waals surface area contributed by atoms with Crippen molar-refractivity contribution in [3.05, 3.63) is 65.2 Å². The maximum atomic E-state index is 13.7. The molecule has 1 N–H and O–H groups in total. The number of aromatic nitrogens is 1. The van der Waals surface area contributed by atoms with Crippen LogP contribution in [0.25, 0.3) is 0 Å². The molecule has 3 nitrogen and oxygen atoms in total. The molecule has 0 bridgehead atoms. The zero-order valence-corrected chi connectivity index (χ0v) is 10.6. The second-order valence-corrected chi connectivity index (χ2v) is 4.31. The molecule has 0 amide bonds. The van der Waals surface area contributed by atoms with Crippen LogP contribution in [0.5, 0.6) is 0 Å². The summed E-state index contributed by atoms with van der Waals surface area (Å²) in [5.74, 6) is -0.357. The number of rotatable bonds is 4. The summed E-state index contributed by atoms with van der Waals surface area (Å²) in [7, 11) is 0. The van der Waals surface area contributed by atoms with Gasteiger partial charge >= 0.3 is 0 Å². The third-order valence-electron chi connectivity index (χ3n) is 2.97. The van der Waals surface area contributed by atoms with E-state index < -0.39 is 0 Å². The average molecular weight is 255 g/mol. The molecule has 1 aromatic heterocycles. The van der Waals surface area contributed by atoms with Gasteiger partial charge in [0, 0.05) is 30.5 Å². The first kappa shape index (κ1) is 13.2. The number of halogens is 1. The van der Waals surface area contributed by atoms with Gasteiger partial charge in [-0.05, 0) is 30.7 Å². The van der Waals surface area contributed by atoms with Crippen LogP contribution in [-0.2, 0) is 6.54 Å². The Morgan fingerprint density at radius 1 is 1.42 bits per heavy atom. The molecule has 0 radical (unpaired) electrons. The summed E-state index contributed by atoms with van der Waals surface area (Å²) in [5.41, 5.74) is 1.94. The Hall–Kier alpha value is -2.25. The summed E-state index contributed by atoms with van der Waals surface area (Å²) >= 11 is 0. The SMILES string of the molecule is C[C@H](NCc1ccc(C#N)cc1F)c1cccnc1. The van der Waals surface area contributed by atoms with E-state index in [4.69, 9.17) is 5.26 Å². The molecule has 0 saturated carbocycles. The standard InChI is InChI=1S/C15H14FN3/c1-11(13-3-2-6-18-9-13)19-10-14-5-4-12(8-17)7-15(14)16/h2-7,9,11,19H,10H2,1H3/t11-/m0/s1. The molecule has 4 heteroatoms. The van der Waals surface area contributed by atoms with Gasteiger partial charge in [0.2, 0.25) is 0 Å². The zero-order valence-electron chi connectivity index (χ0n) is 10.6. The topological polar surface area (TPSA) is 48.7 Å². The number of benzene rings is 1. The smallest absolute Gasteiger partial charge is 0.129 e. The Bertz CT molecular complexity index is 590. The average Bonchev–Trinajstić information content (AvgIpc) is 2.46. The van der Waals surface area contributed by atoms with Crippen LogP contribution in [0, 0.1) is 17.1 Å². The van der Waals surface area contributed by atoms with Gasteiger partial charge in [0.25, 0.3) is 0 Å². The van der Waals surface area contributed by atoms with E-state index in [2.05, 4.69) is 10.3 Å². The summed E-state index contributed by atoms with van der Waals surface area (Å²) in [5, 5.41) is 11.9. The highest BCUT2D eigenvalue weighted by molar-refractivity contribution is 5.32. The molecule has 0 unspecified atom stereocenters. The van der Waals surface area contributed by atoms with Gasteiger partial charge in [-0.1, -0.05) is 12.1 Å². The molecule has 2 aromatic rings. The molecular weight excluding hydrogens is 241 g/mol. The molecule has 0 spiro atoms. The number of pyridine rings is 1. The Morgan fingerprint density at radius 2 is 2.26 bits per heavy atom. The summed E-state index contributed by atoms with van der Waals surface area (Å²) in [6, 6.07) is 10.4. The van der Waals surface area contributed by atoms with Gasteiger partial charge in [0.1, 0.15) is 5.82 Å². The van der Waals surface area contributed by atoms with Gasteiger partial charge in [-0.15, -0.1) is 0 Å². The minimum atomic E-state index is -0.357. The van der Waals surface area contributed by atoms with Crippen LogP contribution in [0.1, 0.15) is 29.7 Å². The molecule has 0 aliphatic carbocycles. The van der Waals surface area contributed by atoms with Gasteiger partial charge < -0.3 is 5.32 Å². The van der Waals surface area contributed by atoms with Gasteiger partial charge in [0.05, 0.1) is 11.6 Å². The molecule has 0 aliphatic heterocycles. The molecular formula is C15H14FN3. The van der Waals surface area contributed by atoms with E-state index in [-0.39, 0.29) is 11.9 Å². The highest BCUT2D eigenvalue weighted by atomic mass is 19.1. The maximum absolute atomic E-state index is 13.7. The number of nitrogens with zero attached hydrogens (tertiary/aromatic N) is 2. The van der Waals surface area contributed by atoms with Crippen LogP contribution in [0.2, 0.25) is 0 Å². The van der Waals surface area contributed by atoms with E-state index in [9.17, 15) is 4.39 Å². The van der Waals surface area contributed by atoms with Crippen molar-refractivity contribution in [3.8, 4) is 6.07 Å². The van der Waals surface area contributed by atoms with Gasteiger partial charge in [-0.25, -0.2) is 4.39 Å². The summed E-state index contributed by atoms with van der Waals surface area (Å²) in [6.07, 6.45) is 3.50. The lowest BCUT2D eigenvalue weighted by molar-refractivity contribution is 0.543. The monoisotopic (exact) mass is 255 g/mol. The molecule has 0 aliphatic rings. The number of nitriles is 1. The van der Waals surface area contributed by atoms with Crippen LogP contribution in [0.15, 0.2) is 42.7 Å². The summed E-state index contributed by atoms with van der Waals surface area (Å²) < 4.78 is 13.7. The third kappa shape index (κ3) is 3.36. The predicted octanol–water partition coefficient (Wildman–Crippen LogP) is 2.94. The highest BCUT2D eigenvalue weighted by Gasteiger charge is 2.07. The van der Waals surface area contributed by atoms with E-state index in [0.29, 0.717) is 17.7 Å². The second kappa shape index (κ2) is 6.07. The number of hydrogen-bond acceptors (Lipinski definition) is 3. The van der Waals surface area contributed by atoms with E-state index in [1.165, 1.54) is 6.07 Å². The molecule has 0 fully saturated rings. The zero-order chi connectivity index (χ0) is 13.7. The van der Waals surface area contributed by atoms with E-state index >= 15 is 0 Å². The van der Waals surface area contributed by atoms with E-state index in [1.54, 1.807) is 24.5 Å². The van der Waals surface area contributed by atoms with Gasteiger partial charge in [0.15, 0.2) is 0 Å². The van der Waals surface area contributed by atoms with E-state index in [1.807, 2.05) is 25.1 Å². The van der Waals surface area contributed by atoms with Crippen molar-refractivity contribution in [2.45, 2.75) is 19.5 Å². The molecule has 96 valence electrons. The first-order valence-electron chi connectivity index (χ1n) is 6.02. The highest BCUT2D eigenvalue weighted by Crippen LogP contribution is 2.14. The first-order valence-corrected chi connectivity index (χ1v) is 6.02. The summed E-state index contributed by atoms with van der Waals surface area (Å²) in [4.78, 5) is 4.05. The van der Waals surface area contributed by atoms with Crippen LogP contribution >= 0.6 is 0 Å². The Kier molecular flexibility index (Phi) is 4.22. The largest absolute Gasteiger partial charge is 0.306 e. The van der Waals surface area contributed by atoms with Crippen molar-refractivity contribution in [3.63, 3.8) is 0 Å². The number of hydrogen-bond donors (Lipinski definition) is 1. The quantitative estimate of drug-likeness (QED) is 0.913. The van der Waals surface area contributed by atoms with Gasteiger partial charge in [-0.2, -0.15) is 5.26 Å². The van der Waals surface area contributed by atoms with Crippen LogP contribution in [0.4, 0.5) is 4.39 Å². The first-order chi connectivity index (χ1) is 9.20. The van der Waals surface area contributed by atoms with Crippen molar-refractivity contribution in [1.29, 1.82) is 5.26 Å². The third-order valence-corrected chi connectivity index (χ3v) is 2.97. The van der Waals surface area contributed by atoms with Crippen molar-refractivity contribution in [2.24, 2.45) is 0 Å². The lowest BCUT2D eigenvalue weighted by Gasteiger charge is -2.14. The van der Waals surface area contributed by atoms with Crippen molar-refractivity contribution in [2.75, 3.05) is 0 Å². The minimum Gasteiger partial charge on any atom is -0.306 e. The fraction of sp³-hybridized carbons (Fsp3) is 0.200. The minimum absolute atomic E-state index is 0.0868. The van der Waals surface area contributed by atoms with Crippen molar-refractivity contribution in [1.82, 2.24) is 10.3 Å². The molecule has 19 heavy (non-hydrogen) atoms. The van der Waals surface area contributed by atoms with E-state index in [0.717, 1.165) is 5.56 Å². The fourth-order valence-electron chi connectivity index (χ4n) is 1.77. The molecule has 1 aromatic carbocycles. The molecule has 1 atom stereocenters. The van der Waals surface area contributed by atoms with Crippen LogP contribution in [0.3, 0.4) is 0 Å². The Morgan fingerprint density at radius 3 is 2.89 bits per heavy atom. The normalized spacial score (nSPS) is 11.8. The van der Waals surface area contributed by atoms with Crippen molar-refractivity contribution >= 4 is 0 Å². The van der Waals surface area contributed by atoms with Crippen molar-refractivity contribution < 1.29 is 4.39 Å². The maximum Gasteiger partial charge on any atom is 0.129 e. The molecule has 0 saturated heterocycles. The fourth-order valence-corrected chi connectivity index (χ4v) is 1.77. The van der Waals surface area contributed by atoms with Crippen LogP contribution in [-0.4, -0.2) is 4.98 Å². The molecule has 2 rings (SSSR count). The lowest BCUT2D eigenvalue weighted by Crippen LogP contribution is -2.18. The molecule has 1 heterocycles. The van der Waals surface area contributed by atoms with Gasteiger partial charge in [-0.3, -0.25) is 4.98 Å². The second-order valence-electron chi connectivity index (χ2n) is 4.31.